The van der Waals surface area contributed by atoms with Gasteiger partial charge in [0.2, 0.25) is 15.9 Å². The summed E-state index contributed by atoms with van der Waals surface area (Å²) in [5, 5.41) is 6.67. The molecule has 4 rings (SSSR count). The van der Waals surface area contributed by atoms with E-state index in [4.69, 9.17) is 4.52 Å². The number of nitrogens with zero attached hydrogens (tertiary/aromatic N) is 4. The quantitative estimate of drug-likeness (QED) is 0.787. The van der Waals surface area contributed by atoms with Crippen LogP contribution in [0.1, 0.15) is 35.0 Å². The Morgan fingerprint density at radius 1 is 1.46 bits per heavy atom. The van der Waals surface area contributed by atoms with Crippen molar-refractivity contribution in [2.24, 2.45) is 5.92 Å². The summed E-state index contributed by atoms with van der Waals surface area (Å²) in [5.74, 6) is -0.546. The summed E-state index contributed by atoms with van der Waals surface area (Å²) in [6.07, 6.45) is 3.47. The summed E-state index contributed by atoms with van der Waals surface area (Å²) < 4.78 is 44.8. The first-order valence-corrected chi connectivity index (χ1v) is 10.7. The van der Waals surface area contributed by atoms with Crippen molar-refractivity contribution in [3.05, 3.63) is 41.6 Å². The maximum absolute atomic E-state index is 13.8. The van der Waals surface area contributed by atoms with E-state index in [0.29, 0.717) is 31.1 Å². The number of aromatic nitrogens is 3. The topological polar surface area (TPSA) is 118 Å². The second kappa shape index (κ2) is 6.59. The van der Waals surface area contributed by atoms with Crippen LogP contribution in [0, 0.1) is 18.7 Å². The Morgan fingerprint density at radius 2 is 2.25 bits per heavy atom. The molecule has 9 nitrogen and oxygen atoms in total. The predicted octanol–water partition coefficient (Wildman–Crippen LogP) is 0.634. The molecule has 0 aromatic carbocycles. The van der Waals surface area contributed by atoms with E-state index in [1.54, 1.807) is 6.92 Å². The Morgan fingerprint density at radius 3 is 2.89 bits per heavy atom. The zero-order valence-electron chi connectivity index (χ0n) is 15.4. The lowest BCUT2D eigenvalue weighted by Gasteiger charge is -2.24. The number of hydrogen-bond acceptors (Lipinski definition) is 7. The average molecular weight is 409 g/mol. The smallest absolute Gasteiger partial charge is 0.273 e. The van der Waals surface area contributed by atoms with Crippen LogP contribution in [0.4, 0.5) is 4.39 Å². The van der Waals surface area contributed by atoms with Gasteiger partial charge in [-0.1, -0.05) is 5.16 Å². The molecule has 1 aliphatic carbocycles. The van der Waals surface area contributed by atoms with E-state index in [2.05, 4.69) is 20.4 Å². The van der Waals surface area contributed by atoms with E-state index in [0.717, 1.165) is 0 Å². The fourth-order valence-corrected chi connectivity index (χ4v) is 5.24. The van der Waals surface area contributed by atoms with E-state index < -0.39 is 27.2 Å². The van der Waals surface area contributed by atoms with Crippen molar-refractivity contribution in [2.75, 3.05) is 19.3 Å². The van der Waals surface area contributed by atoms with Crippen molar-refractivity contribution >= 4 is 15.9 Å². The first-order valence-electron chi connectivity index (χ1n) is 8.86. The normalized spacial score (nSPS) is 27.7. The van der Waals surface area contributed by atoms with Gasteiger partial charge in [-0.3, -0.25) is 4.79 Å². The van der Waals surface area contributed by atoms with Crippen LogP contribution in [0.2, 0.25) is 0 Å². The number of aryl methyl sites for hydroxylation is 1. The number of pyridine rings is 1. The molecule has 0 bridgehead atoms. The Bertz CT molecular complexity index is 1030. The molecule has 2 aliphatic rings. The number of carbonyl (C=O) groups is 1. The van der Waals surface area contributed by atoms with Gasteiger partial charge in [0, 0.05) is 25.3 Å². The van der Waals surface area contributed by atoms with Crippen LogP contribution in [0.25, 0.3) is 0 Å². The van der Waals surface area contributed by atoms with Crippen molar-refractivity contribution in [2.45, 2.75) is 31.2 Å². The highest BCUT2D eigenvalue weighted by Crippen LogP contribution is 2.50. The van der Waals surface area contributed by atoms with Crippen molar-refractivity contribution < 1.29 is 22.1 Å². The van der Waals surface area contributed by atoms with Crippen LogP contribution >= 0.6 is 0 Å². The second-order valence-corrected chi connectivity index (χ2v) is 9.48. The molecule has 1 amide bonds. The van der Waals surface area contributed by atoms with Gasteiger partial charge >= 0.3 is 0 Å². The van der Waals surface area contributed by atoms with Gasteiger partial charge in [-0.05, 0) is 37.8 Å². The summed E-state index contributed by atoms with van der Waals surface area (Å²) in [5.41, 5.74) is -0.940. The van der Waals surface area contributed by atoms with Gasteiger partial charge in [0.1, 0.15) is 0 Å². The van der Waals surface area contributed by atoms with Crippen LogP contribution in [0.3, 0.4) is 0 Å². The molecule has 3 heterocycles. The third-order valence-corrected chi connectivity index (χ3v) is 6.79. The lowest BCUT2D eigenvalue weighted by Crippen LogP contribution is -2.39. The molecule has 1 aliphatic heterocycles. The highest BCUT2D eigenvalue weighted by atomic mass is 32.2. The molecule has 1 N–H and O–H groups in total. The fourth-order valence-electron chi connectivity index (χ4n) is 4.32. The number of rotatable bonds is 4. The number of carbonyl (C=O) groups excluding carboxylic acids is 1. The zero-order valence-corrected chi connectivity index (χ0v) is 16.2. The number of nitrogens with one attached hydrogen (secondary N) is 1. The minimum atomic E-state index is -3.38. The summed E-state index contributed by atoms with van der Waals surface area (Å²) in [6.45, 7) is 2.22. The molecule has 0 radical (unpaired) electrons. The Kier molecular flexibility index (Phi) is 4.46. The Balaban J connectivity index is 1.59. The summed E-state index contributed by atoms with van der Waals surface area (Å²) in [4.78, 5) is 20.6. The van der Waals surface area contributed by atoms with E-state index in [1.165, 1.54) is 28.9 Å². The minimum absolute atomic E-state index is 0.0963. The van der Waals surface area contributed by atoms with Gasteiger partial charge in [0.15, 0.2) is 17.3 Å². The van der Waals surface area contributed by atoms with Crippen LogP contribution in [-0.4, -0.2) is 59.1 Å². The van der Waals surface area contributed by atoms with Crippen molar-refractivity contribution in [3.8, 4) is 0 Å². The molecule has 1 saturated heterocycles. The van der Waals surface area contributed by atoms with Gasteiger partial charge in [0.05, 0.1) is 11.7 Å². The fraction of sp³-hybridized carbons (Fsp3) is 0.529. The largest absolute Gasteiger partial charge is 0.348 e. The number of hydrogen-bond donors (Lipinski definition) is 1. The lowest BCUT2D eigenvalue weighted by atomic mass is 9.80. The number of halogens is 1. The first kappa shape index (κ1) is 18.9. The van der Waals surface area contributed by atoms with Crippen LogP contribution in [0.15, 0.2) is 22.9 Å². The van der Waals surface area contributed by atoms with Gasteiger partial charge in [-0.15, -0.1) is 0 Å². The van der Waals surface area contributed by atoms with E-state index in [1.807, 2.05) is 0 Å². The summed E-state index contributed by atoms with van der Waals surface area (Å²) in [7, 11) is -3.38. The predicted molar refractivity (Wildman–Crippen MR) is 95.3 cm³/mol. The maximum atomic E-state index is 13.8. The van der Waals surface area contributed by atoms with E-state index >= 15 is 0 Å². The molecule has 150 valence electrons. The third-order valence-electron chi connectivity index (χ3n) is 5.57. The minimum Gasteiger partial charge on any atom is -0.348 e. The maximum Gasteiger partial charge on any atom is 0.273 e. The SMILES string of the molecule is Cc1noc([C@]23C[C@H](NC(=O)c4ncccc4F)C[C@H]2CN(S(C)(=O)=O)C3)n1. The molecular formula is C17H20FN5O4S. The third kappa shape index (κ3) is 3.18. The summed E-state index contributed by atoms with van der Waals surface area (Å²) >= 11 is 0. The summed E-state index contributed by atoms with van der Waals surface area (Å²) in [6, 6.07) is 2.31. The highest BCUT2D eigenvalue weighted by molar-refractivity contribution is 7.88. The second-order valence-electron chi connectivity index (χ2n) is 7.50. The monoisotopic (exact) mass is 409 g/mol. The molecule has 28 heavy (non-hydrogen) atoms. The molecule has 2 fully saturated rings. The standard InChI is InChI=1S/C17H20FN5O4S/c1-10-20-16(27-22-10)17-7-12(6-11(17)8-23(9-17)28(2,25)26)21-15(24)14-13(18)4-3-5-19-14/h3-5,11-12H,6-9H2,1-2H3,(H,21,24)/t11-,12+,17-/m0/s1. The molecule has 3 atom stereocenters. The average Bonchev–Trinajstić information content (AvgIpc) is 3.27. The molecule has 2 aromatic rings. The van der Waals surface area contributed by atoms with E-state index in [-0.39, 0.29) is 24.2 Å². The van der Waals surface area contributed by atoms with Gasteiger partial charge < -0.3 is 9.84 Å². The van der Waals surface area contributed by atoms with Gasteiger partial charge in [-0.2, -0.15) is 4.98 Å². The molecular weight excluding hydrogens is 389 g/mol. The van der Waals surface area contributed by atoms with Gasteiger partial charge in [-0.25, -0.2) is 22.1 Å². The van der Waals surface area contributed by atoms with Crippen molar-refractivity contribution in [3.63, 3.8) is 0 Å². The molecule has 1 saturated carbocycles. The van der Waals surface area contributed by atoms with Crippen LogP contribution in [-0.2, 0) is 15.4 Å². The van der Waals surface area contributed by atoms with Gasteiger partial charge in [0.25, 0.3) is 5.91 Å². The molecule has 0 unspecified atom stereocenters. The Labute approximate surface area is 161 Å². The first-order chi connectivity index (χ1) is 13.2. The van der Waals surface area contributed by atoms with Crippen molar-refractivity contribution in [1.29, 1.82) is 0 Å². The molecule has 11 heteroatoms. The highest BCUT2D eigenvalue weighted by Gasteiger charge is 2.59. The van der Waals surface area contributed by atoms with Crippen LogP contribution < -0.4 is 5.32 Å². The number of sulfonamides is 1. The molecule has 0 spiro atoms. The Hall–Kier alpha value is -2.40. The number of fused-ring (bicyclic) bond motifs is 1. The number of amides is 1. The van der Waals surface area contributed by atoms with Crippen molar-refractivity contribution in [1.82, 2.24) is 24.7 Å². The molecule has 2 aromatic heterocycles. The van der Waals surface area contributed by atoms with Crippen LogP contribution in [0.5, 0.6) is 0 Å². The van der Waals surface area contributed by atoms with E-state index in [9.17, 15) is 17.6 Å². The zero-order chi connectivity index (χ0) is 20.1. The lowest BCUT2D eigenvalue weighted by molar-refractivity contribution is 0.0925.